The van der Waals surface area contributed by atoms with Crippen molar-refractivity contribution in [3.63, 3.8) is 0 Å². The van der Waals surface area contributed by atoms with Gasteiger partial charge in [0.15, 0.2) is 0 Å². The van der Waals surface area contributed by atoms with E-state index in [1.807, 2.05) is 13.0 Å². The highest BCUT2D eigenvalue weighted by atomic mass is 35.5. The molecule has 150 valence electrons. The minimum absolute atomic E-state index is 0.0140. The maximum atomic E-state index is 12.9. The van der Waals surface area contributed by atoms with Gasteiger partial charge in [0, 0.05) is 13.1 Å². The molecule has 1 fully saturated rings. The van der Waals surface area contributed by atoms with Crippen LogP contribution >= 0.6 is 11.6 Å². The van der Waals surface area contributed by atoms with Crippen LogP contribution in [0.3, 0.4) is 0 Å². The van der Waals surface area contributed by atoms with Crippen molar-refractivity contribution in [2.24, 2.45) is 0 Å². The van der Waals surface area contributed by atoms with Gasteiger partial charge < -0.3 is 14.8 Å². The standard InChI is InChI=1S/C19H21ClN2O5S/c1-13-3-6-18(26-2)17(11-13)21-19(23)15-12-14(4-5-16(15)20)28(24,25)22-7-9-27-10-8-22/h3-6,11-12H,7-10H2,1-2H3,(H,21,23). The summed E-state index contributed by atoms with van der Waals surface area (Å²) in [5, 5.41) is 2.90. The number of rotatable bonds is 5. The first kappa shape index (κ1) is 20.6. The number of hydrogen-bond donors (Lipinski definition) is 1. The van der Waals surface area contributed by atoms with Crippen molar-refractivity contribution in [2.45, 2.75) is 11.8 Å². The quantitative estimate of drug-likeness (QED) is 0.797. The first-order chi connectivity index (χ1) is 13.3. The number of carbonyl (C=O) groups excluding carboxylic acids is 1. The molecule has 1 aliphatic rings. The van der Waals surface area contributed by atoms with Gasteiger partial charge in [-0.1, -0.05) is 17.7 Å². The number of amides is 1. The van der Waals surface area contributed by atoms with Gasteiger partial charge in [-0.15, -0.1) is 0 Å². The van der Waals surface area contributed by atoms with Gasteiger partial charge in [0.25, 0.3) is 5.91 Å². The fourth-order valence-electron chi connectivity index (χ4n) is 2.88. The number of benzene rings is 2. The summed E-state index contributed by atoms with van der Waals surface area (Å²) in [6.45, 7) is 3.11. The van der Waals surface area contributed by atoms with Gasteiger partial charge in [-0.25, -0.2) is 8.42 Å². The lowest BCUT2D eigenvalue weighted by atomic mass is 10.1. The number of sulfonamides is 1. The molecule has 0 saturated carbocycles. The van der Waals surface area contributed by atoms with E-state index in [-0.39, 0.29) is 28.6 Å². The highest BCUT2D eigenvalue weighted by molar-refractivity contribution is 7.89. The molecule has 0 atom stereocenters. The van der Waals surface area contributed by atoms with E-state index in [2.05, 4.69) is 5.32 Å². The molecule has 1 amide bonds. The van der Waals surface area contributed by atoms with Crippen LogP contribution in [0, 0.1) is 6.92 Å². The van der Waals surface area contributed by atoms with Crippen molar-refractivity contribution in [2.75, 3.05) is 38.7 Å². The van der Waals surface area contributed by atoms with E-state index in [0.29, 0.717) is 24.7 Å². The topological polar surface area (TPSA) is 84.9 Å². The fraction of sp³-hybridized carbons (Fsp3) is 0.316. The Balaban J connectivity index is 1.91. The lowest BCUT2D eigenvalue weighted by Crippen LogP contribution is -2.40. The molecule has 0 aromatic heterocycles. The smallest absolute Gasteiger partial charge is 0.257 e. The summed E-state index contributed by atoms with van der Waals surface area (Å²) < 4.78 is 37.5. The van der Waals surface area contributed by atoms with Crippen LogP contribution in [0.4, 0.5) is 5.69 Å². The second-order valence-electron chi connectivity index (χ2n) is 6.32. The maximum absolute atomic E-state index is 12.9. The SMILES string of the molecule is COc1ccc(C)cc1NC(=O)c1cc(S(=O)(=O)N2CCOCC2)ccc1Cl. The van der Waals surface area contributed by atoms with Crippen LogP contribution in [0.2, 0.25) is 5.02 Å². The Hall–Kier alpha value is -2.13. The second kappa shape index (κ2) is 8.48. The van der Waals surface area contributed by atoms with Gasteiger partial charge >= 0.3 is 0 Å². The van der Waals surface area contributed by atoms with E-state index < -0.39 is 15.9 Å². The Bertz CT molecular complexity index is 988. The third-order valence-electron chi connectivity index (χ3n) is 4.39. The van der Waals surface area contributed by atoms with Crippen LogP contribution in [-0.4, -0.2) is 52.0 Å². The number of nitrogens with zero attached hydrogens (tertiary/aromatic N) is 1. The van der Waals surface area contributed by atoms with E-state index >= 15 is 0 Å². The molecule has 0 spiro atoms. The number of ether oxygens (including phenoxy) is 2. The number of hydrogen-bond acceptors (Lipinski definition) is 5. The number of aryl methyl sites for hydroxylation is 1. The van der Waals surface area contributed by atoms with Crippen molar-refractivity contribution in [1.82, 2.24) is 4.31 Å². The number of nitrogens with one attached hydrogen (secondary N) is 1. The van der Waals surface area contributed by atoms with Gasteiger partial charge in [0.2, 0.25) is 10.0 Å². The zero-order chi connectivity index (χ0) is 20.3. The van der Waals surface area contributed by atoms with Crippen molar-refractivity contribution in [3.05, 3.63) is 52.5 Å². The number of carbonyl (C=O) groups is 1. The van der Waals surface area contributed by atoms with Gasteiger partial charge in [-0.05, 0) is 42.8 Å². The number of anilines is 1. The third-order valence-corrected chi connectivity index (χ3v) is 6.62. The Morgan fingerprint density at radius 3 is 2.57 bits per heavy atom. The molecule has 7 nitrogen and oxygen atoms in total. The highest BCUT2D eigenvalue weighted by Gasteiger charge is 2.27. The Morgan fingerprint density at radius 1 is 1.18 bits per heavy atom. The van der Waals surface area contributed by atoms with Crippen LogP contribution in [0.25, 0.3) is 0 Å². The van der Waals surface area contributed by atoms with Crippen molar-refractivity contribution in [3.8, 4) is 5.75 Å². The third kappa shape index (κ3) is 4.30. The summed E-state index contributed by atoms with van der Waals surface area (Å²) in [6, 6.07) is 9.47. The monoisotopic (exact) mass is 424 g/mol. The maximum Gasteiger partial charge on any atom is 0.257 e. The summed E-state index contributed by atoms with van der Waals surface area (Å²) in [7, 11) is -2.23. The molecule has 0 radical (unpaired) electrons. The summed E-state index contributed by atoms with van der Waals surface area (Å²) >= 11 is 6.18. The molecule has 2 aromatic rings. The lowest BCUT2D eigenvalue weighted by Gasteiger charge is -2.26. The minimum Gasteiger partial charge on any atom is -0.495 e. The van der Waals surface area contributed by atoms with Gasteiger partial charge in [0.05, 0.1) is 41.5 Å². The summed E-state index contributed by atoms with van der Waals surface area (Å²) in [6.07, 6.45) is 0. The Labute approximate surface area is 169 Å². The van der Waals surface area contributed by atoms with E-state index in [9.17, 15) is 13.2 Å². The van der Waals surface area contributed by atoms with Crippen LogP contribution in [0.5, 0.6) is 5.75 Å². The molecule has 28 heavy (non-hydrogen) atoms. The highest BCUT2D eigenvalue weighted by Crippen LogP contribution is 2.28. The molecule has 1 saturated heterocycles. The van der Waals surface area contributed by atoms with Crippen molar-refractivity contribution < 1.29 is 22.7 Å². The molecule has 2 aromatic carbocycles. The predicted molar refractivity (Wildman–Crippen MR) is 107 cm³/mol. The molecule has 1 aliphatic heterocycles. The minimum atomic E-state index is -3.74. The Kier molecular flexibility index (Phi) is 6.24. The van der Waals surface area contributed by atoms with Gasteiger partial charge in [-0.3, -0.25) is 4.79 Å². The van der Waals surface area contributed by atoms with Crippen molar-refractivity contribution in [1.29, 1.82) is 0 Å². The summed E-state index contributed by atoms with van der Waals surface area (Å²) in [4.78, 5) is 12.8. The molecular weight excluding hydrogens is 404 g/mol. The number of halogens is 1. The zero-order valence-corrected chi connectivity index (χ0v) is 17.1. The molecule has 0 unspecified atom stereocenters. The van der Waals surface area contributed by atoms with E-state index in [1.54, 1.807) is 12.1 Å². The summed E-state index contributed by atoms with van der Waals surface area (Å²) in [5.41, 5.74) is 1.48. The normalized spacial score (nSPS) is 15.2. The van der Waals surface area contributed by atoms with Crippen LogP contribution in [0.1, 0.15) is 15.9 Å². The summed E-state index contributed by atoms with van der Waals surface area (Å²) in [5.74, 6) is -0.0277. The van der Waals surface area contributed by atoms with E-state index in [0.717, 1.165) is 5.56 Å². The predicted octanol–water partition coefficient (Wildman–Crippen LogP) is 2.93. The zero-order valence-electron chi connectivity index (χ0n) is 15.6. The van der Waals surface area contributed by atoms with Crippen LogP contribution in [-0.2, 0) is 14.8 Å². The number of morpholine rings is 1. The van der Waals surface area contributed by atoms with E-state index in [1.165, 1.54) is 29.6 Å². The lowest BCUT2D eigenvalue weighted by molar-refractivity contribution is 0.0730. The molecule has 1 heterocycles. The fourth-order valence-corrected chi connectivity index (χ4v) is 4.52. The van der Waals surface area contributed by atoms with E-state index in [4.69, 9.17) is 21.1 Å². The molecule has 0 aliphatic carbocycles. The number of methoxy groups -OCH3 is 1. The average molecular weight is 425 g/mol. The first-order valence-corrected chi connectivity index (χ1v) is 10.5. The van der Waals surface area contributed by atoms with Crippen LogP contribution < -0.4 is 10.1 Å². The second-order valence-corrected chi connectivity index (χ2v) is 8.66. The molecule has 0 bridgehead atoms. The average Bonchev–Trinajstić information content (AvgIpc) is 2.69. The van der Waals surface area contributed by atoms with Gasteiger partial charge in [-0.2, -0.15) is 4.31 Å². The first-order valence-electron chi connectivity index (χ1n) is 8.66. The van der Waals surface area contributed by atoms with Gasteiger partial charge in [0.1, 0.15) is 5.75 Å². The molecule has 1 N–H and O–H groups in total. The molecule has 3 rings (SSSR count). The molecular formula is C19H21ClN2O5S. The van der Waals surface area contributed by atoms with Crippen LogP contribution in [0.15, 0.2) is 41.3 Å². The van der Waals surface area contributed by atoms with Crippen molar-refractivity contribution >= 4 is 33.2 Å². The molecule has 9 heteroatoms. The Morgan fingerprint density at radius 2 is 1.89 bits per heavy atom. The largest absolute Gasteiger partial charge is 0.495 e.